The Kier molecular flexibility index (Phi) is 6.45. The average Bonchev–Trinajstić information content (AvgIpc) is 2.38. The van der Waals surface area contributed by atoms with Gasteiger partial charge in [0.1, 0.15) is 11.5 Å². The topological polar surface area (TPSA) is 118 Å². The molecule has 0 atom stereocenters. The predicted molar refractivity (Wildman–Crippen MR) is 75.5 cm³/mol. The second kappa shape index (κ2) is 8.08. The van der Waals surface area contributed by atoms with Crippen LogP contribution >= 0.6 is 0 Å². The Morgan fingerprint density at radius 2 is 2.24 bits per heavy atom. The fourth-order valence-corrected chi connectivity index (χ4v) is 1.92. The third-order valence-electron chi connectivity index (χ3n) is 1.93. The first-order chi connectivity index (χ1) is 9.96. The molecule has 1 aromatic rings. The third kappa shape index (κ3) is 6.60. The summed E-state index contributed by atoms with van der Waals surface area (Å²) in [5, 5.41) is 8.61. The van der Waals surface area contributed by atoms with Crippen LogP contribution in [0.5, 0.6) is 0 Å². The van der Waals surface area contributed by atoms with Crippen LogP contribution in [0.25, 0.3) is 0 Å². The first-order valence-corrected chi connectivity index (χ1v) is 7.49. The second-order valence-electron chi connectivity index (χ2n) is 3.61. The molecule has 8 nitrogen and oxygen atoms in total. The van der Waals surface area contributed by atoms with Crippen molar-refractivity contribution in [1.82, 2.24) is 9.71 Å². The molecule has 1 rings (SSSR count). The summed E-state index contributed by atoms with van der Waals surface area (Å²) >= 11 is 0. The summed E-state index contributed by atoms with van der Waals surface area (Å²) < 4.78 is 31.5. The zero-order valence-electron chi connectivity index (χ0n) is 11.3. The van der Waals surface area contributed by atoms with E-state index in [0.717, 1.165) is 0 Å². The number of ether oxygens (including phenoxy) is 1. The quantitative estimate of drug-likeness (QED) is 0.669. The van der Waals surface area contributed by atoms with E-state index in [1.165, 1.54) is 6.07 Å². The maximum Gasteiger partial charge on any atom is 0.422 e. The van der Waals surface area contributed by atoms with Gasteiger partial charge >= 0.3 is 16.3 Å². The lowest BCUT2D eigenvalue weighted by molar-refractivity contribution is 0.159. The van der Waals surface area contributed by atoms with Gasteiger partial charge in [-0.2, -0.15) is 8.42 Å². The smallest absolute Gasteiger partial charge is 0.422 e. The van der Waals surface area contributed by atoms with Crippen LogP contribution in [0.15, 0.2) is 18.2 Å². The number of aliphatic hydroxyl groups is 1. The van der Waals surface area contributed by atoms with Crippen molar-refractivity contribution in [2.75, 3.05) is 17.9 Å². The summed E-state index contributed by atoms with van der Waals surface area (Å²) in [6.45, 7) is 1.54. The number of pyridine rings is 1. The summed E-state index contributed by atoms with van der Waals surface area (Å²) in [6.07, 6.45) is -0.786. The molecule has 9 heteroatoms. The summed E-state index contributed by atoms with van der Waals surface area (Å²) in [5.41, 5.74) is 0.333. The van der Waals surface area contributed by atoms with E-state index in [0.29, 0.717) is 12.1 Å². The van der Waals surface area contributed by atoms with Crippen LogP contribution in [-0.2, 0) is 14.9 Å². The lowest BCUT2D eigenvalue weighted by Crippen LogP contribution is -2.35. The van der Waals surface area contributed by atoms with Gasteiger partial charge in [-0.1, -0.05) is 12.0 Å². The van der Waals surface area contributed by atoms with Gasteiger partial charge in [-0.15, -0.1) is 0 Å². The van der Waals surface area contributed by atoms with Crippen LogP contribution in [0.4, 0.5) is 10.6 Å². The van der Waals surface area contributed by atoms with Gasteiger partial charge in [0.25, 0.3) is 0 Å². The zero-order chi connectivity index (χ0) is 15.7. The lowest BCUT2D eigenvalue weighted by atomic mass is 10.3. The Morgan fingerprint density at radius 1 is 1.48 bits per heavy atom. The van der Waals surface area contributed by atoms with Gasteiger partial charge in [0.05, 0.1) is 13.2 Å². The van der Waals surface area contributed by atoms with Crippen molar-refractivity contribution in [1.29, 1.82) is 0 Å². The maximum absolute atomic E-state index is 11.6. The molecule has 1 amide bonds. The molecule has 3 N–H and O–H groups in total. The molecule has 1 aromatic heterocycles. The van der Waals surface area contributed by atoms with Crippen molar-refractivity contribution >= 4 is 22.1 Å². The highest BCUT2D eigenvalue weighted by molar-refractivity contribution is 7.91. The fraction of sp³-hybridized carbons (Fsp3) is 0.333. The Morgan fingerprint density at radius 3 is 2.90 bits per heavy atom. The van der Waals surface area contributed by atoms with Gasteiger partial charge < -0.3 is 9.84 Å². The number of amides is 1. The molecule has 0 aliphatic carbocycles. The second-order valence-corrected chi connectivity index (χ2v) is 5.03. The standard InChI is InChI=1S/C12H15N3O5S/c1-2-20-12(17)15-21(18,19)14-11-8-5-7-10(13-11)6-3-4-9-16/h5,7-8,16H,2,4,9H2,1H3,(H,13,14)(H,15,17). The monoisotopic (exact) mass is 313 g/mol. The molecular weight excluding hydrogens is 298 g/mol. The van der Waals surface area contributed by atoms with Crippen molar-refractivity contribution in [2.24, 2.45) is 0 Å². The van der Waals surface area contributed by atoms with E-state index >= 15 is 0 Å². The number of carbonyl (C=O) groups excluding carboxylic acids is 1. The van der Waals surface area contributed by atoms with Crippen LogP contribution in [-0.4, -0.2) is 37.8 Å². The molecular formula is C12H15N3O5S. The Balaban J connectivity index is 2.77. The summed E-state index contributed by atoms with van der Waals surface area (Å²) in [7, 11) is -4.12. The Hall–Kier alpha value is -2.31. The van der Waals surface area contributed by atoms with E-state index in [1.54, 1.807) is 23.8 Å². The van der Waals surface area contributed by atoms with E-state index in [1.807, 2.05) is 0 Å². The van der Waals surface area contributed by atoms with Crippen LogP contribution < -0.4 is 9.44 Å². The highest BCUT2D eigenvalue weighted by Crippen LogP contribution is 2.05. The fourth-order valence-electron chi connectivity index (χ4n) is 1.20. The van der Waals surface area contributed by atoms with Crippen LogP contribution in [0.1, 0.15) is 19.0 Å². The van der Waals surface area contributed by atoms with Crippen LogP contribution in [0.2, 0.25) is 0 Å². The number of hydrogen-bond acceptors (Lipinski definition) is 6. The van der Waals surface area contributed by atoms with Gasteiger partial charge in [-0.3, -0.25) is 4.72 Å². The van der Waals surface area contributed by atoms with Crippen molar-refractivity contribution in [3.63, 3.8) is 0 Å². The number of carbonyl (C=O) groups is 1. The summed E-state index contributed by atoms with van der Waals surface area (Å²) in [5.74, 6) is 5.33. The number of nitrogens with zero attached hydrogens (tertiary/aromatic N) is 1. The Labute approximate surface area is 122 Å². The molecule has 0 spiro atoms. The molecule has 0 saturated carbocycles. The van der Waals surface area contributed by atoms with Gasteiger partial charge in [0.15, 0.2) is 0 Å². The molecule has 0 saturated heterocycles. The first kappa shape index (κ1) is 16.7. The summed E-state index contributed by atoms with van der Waals surface area (Å²) in [6, 6.07) is 4.54. The minimum Gasteiger partial charge on any atom is -0.449 e. The molecule has 114 valence electrons. The molecule has 0 radical (unpaired) electrons. The first-order valence-electron chi connectivity index (χ1n) is 6.01. The minimum absolute atomic E-state index is 0.00240. The molecule has 0 bridgehead atoms. The molecule has 0 aliphatic rings. The van der Waals surface area contributed by atoms with Crippen molar-refractivity contribution in [2.45, 2.75) is 13.3 Å². The number of anilines is 1. The number of rotatable bonds is 5. The van der Waals surface area contributed by atoms with Gasteiger partial charge in [0.2, 0.25) is 0 Å². The van der Waals surface area contributed by atoms with E-state index in [9.17, 15) is 13.2 Å². The van der Waals surface area contributed by atoms with Crippen molar-refractivity contribution in [3.05, 3.63) is 23.9 Å². The normalized spacial score (nSPS) is 10.2. The van der Waals surface area contributed by atoms with Gasteiger partial charge in [0, 0.05) is 6.42 Å². The Bertz CT molecular complexity index is 648. The number of aromatic nitrogens is 1. The molecule has 21 heavy (non-hydrogen) atoms. The highest BCUT2D eigenvalue weighted by Gasteiger charge is 2.15. The van der Waals surface area contributed by atoms with Crippen LogP contribution in [0.3, 0.4) is 0 Å². The largest absolute Gasteiger partial charge is 0.449 e. The average molecular weight is 313 g/mol. The number of aliphatic hydroxyl groups excluding tert-OH is 1. The summed E-state index contributed by atoms with van der Waals surface area (Å²) in [4.78, 5) is 15.0. The molecule has 1 heterocycles. The molecule has 0 aromatic carbocycles. The third-order valence-corrected chi connectivity index (χ3v) is 2.85. The molecule has 0 unspecified atom stereocenters. The minimum atomic E-state index is -4.12. The highest BCUT2D eigenvalue weighted by atomic mass is 32.2. The van der Waals surface area contributed by atoms with Crippen molar-refractivity contribution in [3.8, 4) is 11.8 Å². The zero-order valence-corrected chi connectivity index (χ0v) is 12.1. The molecule has 0 fully saturated rings. The van der Waals surface area contributed by atoms with Crippen LogP contribution in [0, 0.1) is 11.8 Å². The number of hydrogen-bond donors (Lipinski definition) is 3. The van der Waals surface area contributed by atoms with Gasteiger partial charge in [-0.25, -0.2) is 14.5 Å². The SMILES string of the molecule is CCOC(=O)NS(=O)(=O)Nc1cccc(C#CCCO)n1. The van der Waals surface area contributed by atoms with E-state index < -0.39 is 16.3 Å². The lowest BCUT2D eigenvalue weighted by Gasteiger charge is -2.08. The maximum atomic E-state index is 11.6. The van der Waals surface area contributed by atoms with Crippen molar-refractivity contribution < 1.29 is 23.1 Å². The van der Waals surface area contributed by atoms with E-state index in [-0.39, 0.29) is 19.0 Å². The van der Waals surface area contributed by atoms with Gasteiger partial charge in [-0.05, 0) is 25.0 Å². The number of nitrogens with one attached hydrogen (secondary N) is 2. The predicted octanol–water partition coefficient (Wildman–Crippen LogP) is 0.218. The van der Waals surface area contributed by atoms with E-state index in [4.69, 9.17) is 5.11 Å². The molecule has 0 aliphatic heterocycles. The van der Waals surface area contributed by atoms with E-state index in [2.05, 4.69) is 26.3 Å².